The topological polar surface area (TPSA) is 32.3 Å². The summed E-state index contributed by atoms with van der Waals surface area (Å²) in [6, 6.07) is 5.36. The Labute approximate surface area is 105 Å². The van der Waals surface area contributed by atoms with Crippen LogP contribution in [0.4, 0.5) is 0 Å². The van der Waals surface area contributed by atoms with Crippen molar-refractivity contribution in [2.24, 2.45) is 5.92 Å². The van der Waals surface area contributed by atoms with Gasteiger partial charge >= 0.3 is 0 Å². The second-order valence-corrected chi connectivity index (χ2v) is 5.70. The maximum absolute atomic E-state index is 9.29. The van der Waals surface area contributed by atoms with Gasteiger partial charge in [0, 0.05) is 6.54 Å². The summed E-state index contributed by atoms with van der Waals surface area (Å²) in [5.74, 6) is 3.55. The van der Waals surface area contributed by atoms with Crippen LogP contribution in [0.15, 0.2) is 18.2 Å². The van der Waals surface area contributed by atoms with Crippen LogP contribution in [0.3, 0.4) is 0 Å². The second-order valence-electron chi connectivity index (χ2n) is 4.15. The lowest BCUT2D eigenvalue weighted by atomic mass is 10.1. The summed E-state index contributed by atoms with van der Waals surface area (Å²) in [5, 5.41) is 13.1. The number of hydrogen-bond donors (Lipinski definition) is 2. The summed E-state index contributed by atoms with van der Waals surface area (Å²) in [7, 11) is 0. The molecule has 0 spiro atoms. The van der Waals surface area contributed by atoms with Crippen molar-refractivity contribution in [3.63, 3.8) is 0 Å². The molecule has 0 amide bonds. The molecule has 2 N–H and O–H groups in total. The number of benzene rings is 1. The number of hydrogen-bond acceptors (Lipinski definition) is 3. The highest BCUT2D eigenvalue weighted by Crippen LogP contribution is 2.24. The van der Waals surface area contributed by atoms with E-state index < -0.39 is 0 Å². The minimum atomic E-state index is 0.151. The van der Waals surface area contributed by atoms with Crippen molar-refractivity contribution in [2.45, 2.75) is 13.0 Å². The molecule has 0 aliphatic carbocycles. The van der Waals surface area contributed by atoms with Gasteiger partial charge in [0.2, 0.25) is 0 Å². The fraction of sp³-hybridized carbons (Fsp3) is 0.500. The first-order valence-electron chi connectivity index (χ1n) is 5.51. The Bertz CT molecular complexity index is 353. The van der Waals surface area contributed by atoms with E-state index in [1.165, 1.54) is 17.9 Å². The lowest BCUT2D eigenvalue weighted by Gasteiger charge is -2.10. The quantitative estimate of drug-likeness (QED) is 0.870. The Hall–Kier alpha value is -0.380. The monoisotopic (exact) mass is 257 g/mol. The molecule has 1 unspecified atom stereocenters. The van der Waals surface area contributed by atoms with Gasteiger partial charge in [0.05, 0.1) is 5.02 Å². The SMILES string of the molecule is Oc1ccc(CNCC2CCSC2)cc1Cl. The molecule has 1 heterocycles. The summed E-state index contributed by atoms with van der Waals surface area (Å²) in [6.07, 6.45) is 1.33. The van der Waals surface area contributed by atoms with E-state index in [1.54, 1.807) is 6.07 Å². The summed E-state index contributed by atoms with van der Waals surface area (Å²) < 4.78 is 0. The summed E-state index contributed by atoms with van der Waals surface area (Å²) in [5.41, 5.74) is 1.12. The Morgan fingerprint density at radius 2 is 2.38 bits per heavy atom. The van der Waals surface area contributed by atoms with Gasteiger partial charge in [-0.05, 0) is 48.1 Å². The van der Waals surface area contributed by atoms with Crippen LogP contribution in [-0.2, 0) is 6.54 Å². The van der Waals surface area contributed by atoms with Crippen LogP contribution in [0.1, 0.15) is 12.0 Å². The van der Waals surface area contributed by atoms with Crippen molar-refractivity contribution in [1.29, 1.82) is 0 Å². The Kier molecular flexibility index (Phi) is 4.38. The highest BCUT2D eigenvalue weighted by atomic mass is 35.5. The number of thioether (sulfide) groups is 1. The van der Waals surface area contributed by atoms with Crippen molar-refractivity contribution in [1.82, 2.24) is 5.32 Å². The average Bonchev–Trinajstić information content (AvgIpc) is 2.76. The first-order valence-corrected chi connectivity index (χ1v) is 7.05. The highest BCUT2D eigenvalue weighted by Gasteiger charge is 2.14. The maximum Gasteiger partial charge on any atom is 0.134 e. The van der Waals surface area contributed by atoms with Crippen LogP contribution in [0, 0.1) is 5.92 Å². The first kappa shape index (κ1) is 12.1. The molecule has 1 saturated heterocycles. The molecule has 0 saturated carbocycles. The predicted octanol–water partition coefficient (Wildman–Crippen LogP) is 2.89. The Morgan fingerprint density at radius 1 is 1.50 bits per heavy atom. The molecule has 1 aliphatic rings. The van der Waals surface area contributed by atoms with Gasteiger partial charge in [-0.25, -0.2) is 0 Å². The van der Waals surface area contributed by atoms with E-state index in [-0.39, 0.29) is 5.75 Å². The van der Waals surface area contributed by atoms with Gasteiger partial charge in [0.15, 0.2) is 0 Å². The number of phenolic OH excluding ortho intramolecular Hbond substituents is 1. The van der Waals surface area contributed by atoms with E-state index in [4.69, 9.17) is 11.6 Å². The zero-order valence-corrected chi connectivity index (χ0v) is 10.7. The molecule has 4 heteroatoms. The maximum atomic E-state index is 9.29. The third-order valence-corrected chi connectivity index (χ3v) is 4.33. The molecule has 2 nitrogen and oxygen atoms in total. The zero-order chi connectivity index (χ0) is 11.4. The van der Waals surface area contributed by atoms with Crippen LogP contribution < -0.4 is 5.32 Å². The molecule has 88 valence electrons. The van der Waals surface area contributed by atoms with Gasteiger partial charge in [-0.1, -0.05) is 17.7 Å². The van der Waals surface area contributed by atoms with Crippen LogP contribution >= 0.6 is 23.4 Å². The van der Waals surface area contributed by atoms with Crippen LogP contribution in [0.2, 0.25) is 5.02 Å². The minimum Gasteiger partial charge on any atom is -0.506 e. The minimum absolute atomic E-state index is 0.151. The summed E-state index contributed by atoms with van der Waals surface area (Å²) in [4.78, 5) is 0. The number of halogens is 1. The van der Waals surface area contributed by atoms with E-state index in [9.17, 15) is 5.11 Å². The molecule has 1 aromatic carbocycles. The Balaban J connectivity index is 1.78. The lowest BCUT2D eigenvalue weighted by molar-refractivity contribution is 0.475. The van der Waals surface area contributed by atoms with E-state index >= 15 is 0 Å². The van der Waals surface area contributed by atoms with Crippen LogP contribution in [-0.4, -0.2) is 23.2 Å². The standard InChI is InChI=1S/C12H16ClNOS/c13-11-5-9(1-2-12(11)15)6-14-7-10-3-4-16-8-10/h1-2,5,10,14-15H,3-4,6-8H2. The zero-order valence-electron chi connectivity index (χ0n) is 9.08. The first-order chi connectivity index (χ1) is 7.75. The highest BCUT2D eigenvalue weighted by molar-refractivity contribution is 7.99. The third-order valence-electron chi connectivity index (χ3n) is 2.80. The van der Waals surface area contributed by atoms with Gasteiger partial charge in [-0.2, -0.15) is 11.8 Å². The largest absolute Gasteiger partial charge is 0.506 e. The van der Waals surface area contributed by atoms with Gasteiger partial charge in [-0.3, -0.25) is 0 Å². The summed E-state index contributed by atoms with van der Waals surface area (Å²) in [6.45, 7) is 1.90. The molecule has 1 aliphatic heterocycles. The Morgan fingerprint density at radius 3 is 3.06 bits per heavy atom. The molecular weight excluding hydrogens is 242 g/mol. The lowest BCUT2D eigenvalue weighted by Crippen LogP contribution is -2.22. The van der Waals surface area contributed by atoms with E-state index in [0.29, 0.717) is 5.02 Å². The molecular formula is C12H16ClNOS. The van der Waals surface area contributed by atoms with Crippen molar-refractivity contribution in [3.8, 4) is 5.75 Å². The molecule has 1 fully saturated rings. The van der Waals surface area contributed by atoms with Gasteiger partial charge in [-0.15, -0.1) is 0 Å². The molecule has 1 aromatic rings. The number of phenols is 1. The van der Waals surface area contributed by atoms with E-state index in [1.807, 2.05) is 23.9 Å². The fourth-order valence-corrected chi connectivity index (χ4v) is 3.31. The molecule has 1 atom stereocenters. The smallest absolute Gasteiger partial charge is 0.134 e. The van der Waals surface area contributed by atoms with Crippen LogP contribution in [0.5, 0.6) is 5.75 Å². The van der Waals surface area contributed by atoms with Gasteiger partial charge in [0.1, 0.15) is 5.75 Å². The predicted molar refractivity (Wildman–Crippen MR) is 70.3 cm³/mol. The number of nitrogens with one attached hydrogen (secondary N) is 1. The molecule has 16 heavy (non-hydrogen) atoms. The molecule has 2 rings (SSSR count). The number of rotatable bonds is 4. The number of aromatic hydroxyl groups is 1. The van der Waals surface area contributed by atoms with Gasteiger partial charge in [0.25, 0.3) is 0 Å². The molecule has 0 aromatic heterocycles. The van der Waals surface area contributed by atoms with E-state index in [2.05, 4.69) is 5.32 Å². The van der Waals surface area contributed by atoms with Gasteiger partial charge < -0.3 is 10.4 Å². The average molecular weight is 258 g/mol. The second kappa shape index (κ2) is 5.80. The van der Waals surface area contributed by atoms with Crippen molar-refractivity contribution in [3.05, 3.63) is 28.8 Å². The molecule has 0 radical (unpaired) electrons. The fourth-order valence-electron chi connectivity index (χ4n) is 1.83. The van der Waals surface area contributed by atoms with Crippen molar-refractivity contribution in [2.75, 3.05) is 18.1 Å². The van der Waals surface area contributed by atoms with Crippen LogP contribution in [0.25, 0.3) is 0 Å². The summed E-state index contributed by atoms with van der Waals surface area (Å²) >= 11 is 7.88. The van der Waals surface area contributed by atoms with Crippen molar-refractivity contribution < 1.29 is 5.11 Å². The molecule has 0 bridgehead atoms. The normalized spacial score (nSPS) is 20.2. The van der Waals surface area contributed by atoms with Crippen molar-refractivity contribution >= 4 is 23.4 Å². The van der Waals surface area contributed by atoms with E-state index in [0.717, 1.165) is 24.6 Å². The third kappa shape index (κ3) is 3.30.